The lowest BCUT2D eigenvalue weighted by molar-refractivity contribution is -0.144. The van der Waals surface area contributed by atoms with E-state index in [4.69, 9.17) is 9.47 Å². The number of carbonyl (C=O) groups is 1. The molecule has 2 unspecified atom stereocenters. The molecular weight excluding hydrogens is 357 g/mol. The summed E-state index contributed by atoms with van der Waals surface area (Å²) in [5, 5.41) is 0. The Morgan fingerprint density at radius 3 is 2.61 bits per heavy atom. The molecule has 28 heavy (non-hydrogen) atoms. The standard InChI is InChI=1S/C23H28FNO3/c1-17(2)22(18-8-4-3-5-9-18)23(26)25-12-13-28-20(14-25)16-27-15-19-10-6-7-11-21(19)24/h3-11,17,20,22H,12-16H2,1-2H3. The van der Waals surface area contributed by atoms with Gasteiger partial charge in [0.15, 0.2) is 0 Å². The molecule has 1 heterocycles. The molecule has 2 aromatic carbocycles. The smallest absolute Gasteiger partial charge is 0.230 e. The van der Waals surface area contributed by atoms with E-state index in [0.717, 1.165) is 5.56 Å². The topological polar surface area (TPSA) is 38.8 Å². The van der Waals surface area contributed by atoms with Crippen molar-refractivity contribution < 1.29 is 18.7 Å². The molecule has 1 aliphatic rings. The van der Waals surface area contributed by atoms with Gasteiger partial charge in [-0.05, 0) is 17.5 Å². The van der Waals surface area contributed by atoms with Gasteiger partial charge in [0.25, 0.3) is 0 Å². The van der Waals surface area contributed by atoms with Gasteiger partial charge in [-0.25, -0.2) is 4.39 Å². The van der Waals surface area contributed by atoms with Gasteiger partial charge in [0, 0.05) is 18.7 Å². The maximum absolute atomic E-state index is 13.7. The Labute approximate surface area is 166 Å². The van der Waals surface area contributed by atoms with E-state index in [-0.39, 0.29) is 36.3 Å². The molecule has 0 bridgehead atoms. The van der Waals surface area contributed by atoms with Crippen molar-refractivity contribution in [1.29, 1.82) is 0 Å². The first-order valence-electron chi connectivity index (χ1n) is 9.82. The Hall–Kier alpha value is -2.24. The van der Waals surface area contributed by atoms with Crippen LogP contribution in [0, 0.1) is 11.7 Å². The van der Waals surface area contributed by atoms with Crippen molar-refractivity contribution in [3.8, 4) is 0 Å². The molecule has 0 aromatic heterocycles. The lowest BCUT2D eigenvalue weighted by Crippen LogP contribution is -2.49. The van der Waals surface area contributed by atoms with Crippen LogP contribution in [0.4, 0.5) is 4.39 Å². The third-order valence-electron chi connectivity index (χ3n) is 5.06. The monoisotopic (exact) mass is 385 g/mol. The molecule has 1 aliphatic heterocycles. The fourth-order valence-electron chi connectivity index (χ4n) is 3.61. The summed E-state index contributed by atoms with van der Waals surface area (Å²) in [7, 11) is 0. The van der Waals surface area contributed by atoms with Crippen LogP contribution in [-0.4, -0.2) is 43.2 Å². The second-order valence-electron chi connectivity index (χ2n) is 7.52. The predicted molar refractivity (Wildman–Crippen MR) is 106 cm³/mol. The molecule has 1 amide bonds. The highest BCUT2D eigenvalue weighted by Gasteiger charge is 2.32. The third kappa shape index (κ3) is 5.18. The quantitative estimate of drug-likeness (QED) is 0.723. The van der Waals surface area contributed by atoms with Crippen molar-refractivity contribution in [2.24, 2.45) is 5.92 Å². The number of carbonyl (C=O) groups excluding carboxylic acids is 1. The predicted octanol–water partition coefficient (Wildman–Crippen LogP) is 4.01. The Balaban J connectivity index is 1.57. The van der Waals surface area contributed by atoms with Crippen LogP contribution < -0.4 is 0 Å². The summed E-state index contributed by atoms with van der Waals surface area (Å²) in [4.78, 5) is 15.1. The number of amides is 1. The normalized spacial score (nSPS) is 18.3. The van der Waals surface area contributed by atoms with Crippen LogP contribution in [0.15, 0.2) is 54.6 Å². The summed E-state index contributed by atoms with van der Waals surface area (Å²) in [6.45, 7) is 6.23. The number of ether oxygens (including phenoxy) is 2. The third-order valence-corrected chi connectivity index (χ3v) is 5.06. The van der Waals surface area contributed by atoms with Gasteiger partial charge >= 0.3 is 0 Å². The van der Waals surface area contributed by atoms with Gasteiger partial charge in [0.2, 0.25) is 5.91 Å². The van der Waals surface area contributed by atoms with E-state index in [2.05, 4.69) is 13.8 Å². The van der Waals surface area contributed by atoms with E-state index in [1.807, 2.05) is 35.2 Å². The lowest BCUT2D eigenvalue weighted by atomic mass is 9.87. The molecule has 0 aliphatic carbocycles. The molecule has 0 spiro atoms. The van der Waals surface area contributed by atoms with E-state index >= 15 is 0 Å². The first-order chi connectivity index (χ1) is 13.6. The van der Waals surface area contributed by atoms with Gasteiger partial charge in [-0.2, -0.15) is 0 Å². The van der Waals surface area contributed by atoms with E-state index in [1.54, 1.807) is 18.2 Å². The van der Waals surface area contributed by atoms with Crippen molar-refractivity contribution in [3.63, 3.8) is 0 Å². The van der Waals surface area contributed by atoms with Crippen molar-refractivity contribution in [3.05, 3.63) is 71.5 Å². The van der Waals surface area contributed by atoms with E-state index in [9.17, 15) is 9.18 Å². The molecule has 0 radical (unpaired) electrons. The van der Waals surface area contributed by atoms with Gasteiger partial charge in [-0.1, -0.05) is 62.4 Å². The summed E-state index contributed by atoms with van der Waals surface area (Å²) in [6.07, 6.45) is -0.201. The van der Waals surface area contributed by atoms with Crippen molar-refractivity contribution in [1.82, 2.24) is 4.90 Å². The number of morpholine rings is 1. The number of nitrogens with zero attached hydrogens (tertiary/aromatic N) is 1. The minimum atomic E-state index is -0.272. The summed E-state index contributed by atoms with van der Waals surface area (Å²) < 4.78 is 25.1. The summed E-state index contributed by atoms with van der Waals surface area (Å²) in [5.74, 6) is -0.108. The van der Waals surface area contributed by atoms with Crippen molar-refractivity contribution in [2.45, 2.75) is 32.5 Å². The fourth-order valence-corrected chi connectivity index (χ4v) is 3.61. The molecule has 0 N–H and O–H groups in total. The average molecular weight is 385 g/mol. The van der Waals surface area contributed by atoms with Crippen LogP contribution in [-0.2, 0) is 20.9 Å². The summed E-state index contributed by atoms with van der Waals surface area (Å²) >= 11 is 0. The zero-order valence-corrected chi connectivity index (χ0v) is 16.5. The zero-order chi connectivity index (χ0) is 19.9. The van der Waals surface area contributed by atoms with Crippen molar-refractivity contribution >= 4 is 5.91 Å². The Morgan fingerprint density at radius 1 is 1.18 bits per heavy atom. The van der Waals surface area contributed by atoms with Crippen LogP contribution in [0.25, 0.3) is 0 Å². The molecule has 5 heteroatoms. The molecule has 1 saturated heterocycles. The largest absolute Gasteiger partial charge is 0.374 e. The minimum absolute atomic E-state index is 0.128. The van der Waals surface area contributed by atoms with Crippen LogP contribution in [0.2, 0.25) is 0 Å². The van der Waals surface area contributed by atoms with Gasteiger partial charge in [0.1, 0.15) is 5.82 Å². The number of hydrogen-bond acceptors (Lipinski definition) is 3. The summed E-state index contributed by atoms with van der Waals surface area (Å²) in [5.41, 5.74) is 1.57. The second kappa shape index (κ2) is 9.80. The Bertz CT molecular complexity index is 765. The average Bonchev–Trinajstić information content (AvgIpc) is 2.70. The molecule has 2 aromatic rings. The van der Waals surface area contributed by atoms with Gasteiger partial charge < -0.3 is 14.4 Å². The molecule has 2 atom stereocenters. The first-order valence-corrected chi connectivity index (χ1v) is 9.82. The first kappa shape index (κ1) is 20.5. The fraction of sp³-hybridized carbons (Fsp3) is 0.435. The van der Waals surface area contributed by atoms with Crippen LogP contribution >= 0.6 is 0 Å². The lowest BCUT2D eigenvalue weighted by Gasteiger charge is -2.36. The van der Waals surface area contributed by atoms with Gasteiger partial charge in [0.05, 0.1) is 31.8 Å². The molecule has 0 saturated carbocycles. The molecule has 1 fully saturated rings. The SMILES string of the molecule is CC(C)C(C(=O)N1CCOC(COCc2ccccc2F)C1)c1ccccc1. The number of halogens is 1. The van der Waals surface area contributed by atoms with Crippen LogP contribution in [0.1, 0.15) is 30.9 Å². The molecular formula is C23H28FNO3. The maximum Gasteiger partial charge on any atom is 0.230 e. The second-order valence-corrected chi connectivity index (χ2v) is 7.52. The highest BCUT2D eigenvalue weighted by Crippen LogP contribution is 2.27. The zero-order valence-electron chi connectivity index (χ0n) is 16.5. The Kier molecular flexibility index (Phi) is 7.18. The van der Waals surface area contributed by atoms with E-state index < -0.39 is 0 Å². The molecule has 4 nitrogen and oxygen atoms in total. The highest BCUT2D eigenvalue weighted by molar-refractivity contribution is 5.84. The summed E-state index contributed by atoms with van der Waals surface area (Å²) in [6, 6.07) is 16.5. The number of benzene rings is 2. The van der Waals surface area contributed by atoms with Crippen LogP contribution in [0.5, 0.6) is 0 Å². The number of hydrogen-bond donors (Lipinski definition) is 0. The number of rotatable bonds is 7. The Morgan fingerprint density at radius 2 is 1.89 bits per heavy atom. The molecule has 3 rings (SSSR count). The molecule has 150 valence electrons. The minimum Gasteiger partial charge on any atom is -0.374 e. The van der Waals surface area contributed by atoms with Gasteiger partial charge in [-0.3, -0.25) is 4.79 Å². The van der Waals surface area contributed by atoms with E-state index in [1.165, 1.54) is 6.07 Å². The van der Waals surface area contributed by atoms with Crippen molar-refractivity contribution in [2.75, 3.05) is 26.3 Å². The van der Waals surface area contributed by atoms with Gasteiger partial charge in [-0.15, -0.1) is 0 Å². The highest BCUT2D eigenvalue weighted by atomic mass is 19.1. The van der Waals surface area contributed by atoms with Crippen LogP contribution in [0.3, 0.4) is 0 Å². The van der Waals surface area contributed by atoms with E-state index in [0.29, 0.717) is 31.9 Å². The maximum atomic E-state index is 13.7.